The van der Waals surface area contributed by atoms with E-state index in [1.165, 1.54) is 13.8 Å². The fourth-order valence-electron chi connectivity index (χ4n) is 1.45. The number of aromatic carboxylic acids is 1. The van der Waals surface area contributed by atoms with Crippen LogP contribution in [0.1, 0.15) is 24.3 Å². The fourth-order valence-corrected chi connectivity index (χ4v) is 1.45. The molecule has 1 aromatic heterocycles. The van der Waals surface area contributed by atoms with E-state index in [2.05, 4.69) is 10.3 Å². The van der Waals surface area contributed by atoms with Crippen molar-refractivity contribution in [1.82, 2.24) is 19.9 Å². The highest BCUT2D eigenvalue weighted by Crippen LogP contribution is 2.18. The van der Waals surface area contributed by atoms with Gasteiger partial charge in [-0.05, 0) is 13.8 Å². The van der Waals surface area contributed by atoms with Crippen molar-refractivity contribution in [1.29, 1.82) is 0 Å². The second-order valence-corrected chi connectivity index (χ2v) is 4.34. The summed E-state index contributed by atoms with van der Waals surface area (Å²) >= 11 is 0. The van der Waals surface area contributed by atoms with E-state index in [0.717, 1.165) is 10.9 Å². The van der Waals surface area contributed by atoms with Crippen LogP contribution in [0.3, 0.4) is 0 Å². The van der Waals surface area contributed by atoms with Gasteiger partial charge in [-0.25, -0.2) is 9.48 Å². The minimum atomic E-state index is -4.51. The topological polar surface area (TPSA) is 88.3 Å². The lowest BCUT2D eigenvalue weighted by Crippen LogP contribution is -2.44. The molecule has 0 bridgehead atoms. The Morgan fingerprint density at radius 2 is 2.05 bits per heavy atom. The van der Waals surface area contributed by atoms with Gasteiger partial charge in [0.1, 0.15) is 13.1 Å². The molecule has 7 nitrogen and oxygen atoms in total. The summed E-state index contributed by atoms with van der Waals surface area (Å²) in [4.78, 5) is 23.0. The highest BCUT2D eigenvalue weighted by molar-refractivity contribution is 5.84. The SMILES string of the molecule is CC(C)N(CC(F)(F)F)C(=O)Cn1cc(C(=O)O)nn1. The first-order valence-electron chi connectivity index (χ1n) is 5.60. The Bertz CT molecular complexity index is 498. The Balaban J connectivity index is 2.77. The molecule has 0 aliphatic heterocycles. The molecule has 1 amide bonds. The molecule has 0 aromatic carbocycles. The number of carbonyl (C=O) groups excluding carboxylic acids is 1. The number of hydrogen-bond acceptors (Lipinski definition) is 4. The second kappa shape index (κ2) is 5.88. The van der Waals surface area contributed by atoms with Gasteiger partial charge >= 0.3 is 12.1 Å². The third-order valence-corrected chi connectivity index (χ3v) is 2.35. The van der Waals surface area contributed by atoms with E-state index < -0.39 is 37.2 Å². The monoisotopic (exact) mass is 294 g/mol. The van der Waals surface area contributed by atoms with Gasteiger partial charge in [0.15, 0.2) is 5.69 Å². The van der Waals surface area contributed by atoms with Gasteiger partial charge in [0, 0.05) is 6.04 Å². The minimum Gasteiger partial charge on any atom is -0.476 e. The van der Waals surface area contributed by atoms with Crippen LogP contribution in [-0.2, 0) is 11.3 Å². The van der Waals surface area contributed by atoms with Crippen LogP contribution in [0.2, 0.25) is 0 Å². The number of rotatable bonds is 5. The summed E-state index contributed by atoms with van der Waals surface area (Å²) in [7, 11) is 0. The van der Waals surface area contributed by atoms with Crippen molar-refractivity contribution in [3.8, 4) is 0 Å². The number of carboxylic acid groups (broad SMARTS) is 1. The lowest BCUT2D eigenvalue weighted by Gasteiger charge is -2.27. The molecule has 0 aliphatic carbocycles. The number of halogens is 3. The first-order valence-corrected chi connectivity index (χ1v) is 5.60. The van der Waals surface area contributed by atoms with E-state index in [1.807, 2.05) is 0 Å². The Morgan fingerprint density at radius 1 is 1.45 bits per heavy atom. The summed E-state index contributed by atoms with van der Waals surface area (Å²) in [6.07, 6.45) is -3.53. The molecule has 0 radical (unpaired) electrons. The van der Waals surface area contributed by atoms with E-state index in [0.29, 0.717) is 4.90 Å². The number of alkyl halides is 3. The average molecular weight is 294 g/mol. The molecule has 0 saturated carbocycles. The zero-order valence-electron chi connectivity index (χ0n) is 10.8. The molecule has 112 valence electrons. The maximum Gasteiger partial charge on any atom is 0.406 e. The molecule has 0 aliphatic rings. The van der Waals surface area contributed by atoms with Crippen LogP contribution in [0.5, 0.6) is 0 Å². The molecular formula is C10H13F3N4O3. The number of amides is 1. The maximum absolute atomic E-state index is 12.4. The Morgan fingerprint density at radius 3 is 2.45 bits per heavy atom. The zero-order valence-corrected chi connectivity index (χ0v) is 10.8. The summed E-state index contributed by atoms with van der Waals surface area (Å²) in [6, 6.07) is -0.647. The van der Waals surface area contributed by atoms with Crippen LogP contribution >= 0.6 is 0 Å². The predicted molar refractivity (Wildman–Crippen MR) is 59.9 cm³/mol. The normalized spacial score (nSPS) is 11.7. The predicted octanol–water partition coefficient (Wildman–Crippen LogP) is 0.776. The van der Waals surface area contributed by atoms with Crippen molar-refractivity contribution < 1.29 is 27.9 Å². The minimum absolute atomic E-state index is 0.385. The van der Waals surface area contributed by atoms with Gasteiger partial charge in [-0.15, -0.1) is 5.10 Å². The summed E-state index contributed by atoms with van der Waals surface area (Å²) < 4.78 is 38.0. The summed E-state index contributed by atoms with van der Waals surface area (Å²) in [5, 5.41) is 15.3. The Labute approximate surface area is 112 Å². The lowest BCUT2D eigenvalue weighted by atomic mass is 10.3. The number of aromatic nitrogens is 3. The molecule has 1 heterocycles. The van der Waals surface area contributed by atoms with Gasteiger partial charge in [0.05, 0.1) is 6.20 Å². The van der Waals surface area contributed by atoms with Crippen molar-refractivity contribution in [3.05, 3.63) is 11.9 Å². The smallest absolute Gasteiger partial charge is 0.406 e. The first-order chi connectivity index (χ1) is 9.10. The van der Waals surface area contributed by atoms with Crippen molar-refractivity contribution in [2.75, 3.05) is 6.54 Å². The van der Waals surface area contributed by atoms with Gasteiger partial charge in [-0.3, -0.25) is 4.79 Å². The Hall–Kier alpha value is -2.13. The Kier molecular flexibility index (Phi) is 4.69. The number of hydrogen-bond donors (Lipinski definition) is 1. The molecule has 0 fully saturated rings. The molecule has 10 heteroatoms. The average Bonchev–Trinajstić information content (AvgIpc) is 2.72. The molecule has 0 unspecified atom stereocenters. The number of carboxylic acids is 1. The van der Waals surface area contributed by atoms with Gasteiger partial charge in [-0.2, -0.15) is 13.2 Å². The lowest BCUT2D eigenvalue weighted by molar-refractivity contribution is -0.165. The third kappa shape index (κ3) is 4.52. The molecular weight excluding hydrogens is 281 g/mol. The highest BCUT2D eigenvalue weighted by atomic mass is 19.4. The van der Waals surface area contributed by atoms with Crippen LogP contribution in [0, 0.1) is 0 Å². The van der Waals surface area contributed by atoms with Gasteiger partial charge in [-0.1, -0.05) is 5.21 Å². The largest absolute Gasteiger partial charge is 0.476 e. The molecule has 1 rings (SSSR count). The molecule has 0 atom stereocenters. The van der Waals surface area contributed by atoms with E-state index >= 15 is 0 Å². The van der Waals surface area contributed by atoms with E-state index in [9.17, 15) is 22.8 Å². The standard InChI is InChI=1S/C10H13F3N4O3/c1-6(2)17(5-10(11,12)13)8(18)4-16-3-7(9(19)20)14-15-16/h3,6H,4-5H2,1-2H3,(H,19,20). The van der Waals surface area contributed by atoms with Crippen LogP contribution in [0.15, 0.2) is 6.20 Å². The fraction of sp³-hybridized carbons (Fsp3) is 0.600. The van der Waals surface area contributed by atoms with Crippen LogP contribution < -0.4 is 0 Å². The van der Waals surface area contributed by atoms with Crippen LogP contribution in [0.25, 0.3) is 0 Å². The van der Waals surface area contributed by atoms with E-state index in [1.54, 1.807) is 0 Å². The zero-order chi connectivity index (χ0) is 15.5. The molecule has 20 heavy (non-hydrogen) atoms. The van der Waals surface area contributed by atoms with Crippen molar-refractivity contribution in [2.45, 2.75) is 32.6 Å². The molecule has 1 N–H and O–H groups in total. The van der Waals surface area contributed by atoms with Crippen molar-refractivity contribution in [3.63, 3.8) is 0 Å². The summed E-state index contributed by atoms with van der Waals surface area (Å²) in [5.41, 5.74) is -0.385. The highest BCUT2D eigenvalue weighted by Gasteiger charge is 2.34. The number of carbonyl (C=O) groups is 2. The molecule has 0 spiro atoms. The number of nitrogens with zero attached hydrogens (tertiary/aromatic N) is 4. The maximum atomic E-state index is 12.4. The molecule has 0 saturated heterocycles. The van der Waals surface area contributed by atoms with Crippen LogP contribution in [-0.4, -0.2) is 55.6 Å². The van der Waals surface area contributed by atoms with Gasteiger partial charge < -0.3 is 10.0 Å². The van der Waals surface area contributed by atoms with Crippen molar-refractivity contribution >= 4 is 11.9 Å². The van der Waals surface area contributed by atoms with Crippen LogP contribution in [0.4, 0.5) is 13.2 Å². The van der Waals surface area contributed by atoms with E-state index in [4.69, 9.17) is 5.11 Å². The third-order valence-electron chi connectivity index (χ3n) is 2.35. The van der Waals surface area contributed by atoms with Gasteiger partial charge in [0.2, 0.25) is 5.91 Å². The van der Waals surface area contributed by atoms with E-state index in [-0.39, 0.29) is 5.69 Å². The van der Waals surface area contributed by atoms with Crippen molar-refractivity contribution in [2.24, 2.45) is 0 Å². The van der Waals surface area contributed by atoms with Gasteiger partial charge in [0.25, 0.3) is 0 Å². The molecule has 1 aromatic rings. The summed E-state index contributed by atoms with van der Waals surface area (Å²) in [5.74, 6) is -2.15. The quantitative estimate of drug-likeness (QED) is 0.866. The second-order valence-electron chi connectivity index (χ2n) is 4.34. The summed E-state index contributed by atoms with van der Waals surface area (Å²) in [6.45, 7) is 1.03. The first kappa shape index (κ1) is 15.9.